The van der Waals surface area contributed by atoms with E-state index in [4.69, 9.17) is 10.5 Å². The van der Waals surface area contributed by atoms with Gasteiger partial charge >= 0.3 is 5.97 Å². The third kappa shape index (κ3) is 3.81. The van der Waals surface area contributed by atoms with Crippen LogP contribution in [0, 0.1) is 6.92 Å². The van der Waals surface area contributed by atoms with Gasteiger partial charge in [-0.2, -0.15) is 0 Å². The zero-order valence-corrected chi connectivity index (χ0v) is 17.7. The second-order valence-corrected chi connectivity index (χ2v) is 8.30. The van der Waals surface area contributed by atoms with Crippen LogP contribution in [0.1, 0.15) is 44.8 Å². The van der Waals surface area contributed by atoms with E-state index in [0.29, 0.717) is 33.6 Å². The number of fused-ring (bicyclic) bond motifs is 2. The maximum atomic E-state index is 12.8. The molecule has 1 unspecified atom stereocenters. The molecule has 0 spiro atoms. The molecule has 4 rings (SSSR count). The van der Waals surface area contributed by atoms with E-state index in [0.717, 1.165) is 30.0 Å². The third-order valence-electron chi connectivity index (χ3n) is 5.19. The first kappa shape index (κ1) is 20.7. The van der Waals surface area contributed by atoms with Gasteiger partial charge in [0.1, 0.15) is 15.5 Å². The Morgan fingerprint density at radius 1 is 1.26 bits per heavy atom. The second-order valence-electron chi connectivity index (χ2n) is 7.30. The number of hydrogen-bond donors (Lipinski definition) is 2. The van der Waals surface area contributed by atoms with Crippen molar-refractivity contribution in [2.45, 2.75) is 39.3 Å². The van der Waals surface area contributed by atoms with E-state index in [9.17, 15) is 19.2 Å². The van der Waals surface area contributed by atoms with E-state index in [-0.39, 0.29) is 10.4 Å². The van der Waals surface area contributed by atoms with Crippen molar-refractivity contribution in [3.05, 3.63) is 56.4 Å². The molecule has 0 fully saturated rings. The summed E-state index contributed by atoms with van der Waals surface area (Å²) in [6.07, 6.45) is 0.539. The highest BCUT2D eigenvalue weighted by Crippen LogP contribution is 2.29. The van der Waals surface area contributed by atoms with Crippen molar-refractivity contribution < 1.29 is 19.1 Å². The van der Waals surface area contributed by atoms with Gasteiger partial charge < -0.3 is 15.8 Å². The summed E-state index contributed by atoms with van der Waals surface area (Å²) in [4.78, 5) is 54.3. The van der Waals surface area contributed by atoms with Gasteiger partial charge in [-0.15, -0.1) is 11.3 Å². The largest absolute Gasteiger partial charge is 0.448 e. The first-order valence-corrected chi connectivity index (χ1v) is 10.5. The minimum atomic E-state index is -1.08. The number of primary amides is 1. The lowest BCUT2D eigenvalue weighted by molar-refractivity contribution is -0.123. The number of anilines is 1. The fourth-order valence-corrected chi connectivity index (χ4v) is 4.57. The standard InChI is InChI=1S/C21H20N4O5S/c1-10-15-19(24-14-4-3-9-25(14)20(15)28)31-16(10)21(29)30-11(2)18(27)23-13-7-5-12(6-8-13)17(22)26/h5-8,11H,3-4,9H2,1-2H3,(H2,22,26)(H,23,27). The van der Waals surface area contributed by atoms with Gasteiger partial charge in [0, 0.05) is 24.2 Å². The predicted molar refractivity (Wildman–Crippen MR) is 115 cm³/mol. The number of nitrogens with zero attached hydrogens (tertiary/aromatic N) is 2. The number of carbonyl (C=O) groups excluding carboxylic acids is 3. The Morgan fingerprint density at radius 3 is 2.65 bits per heavy atom. The lowest BCUT2D eigenvalue weighted by atomic mass is 10.2. The minimum absolute atomic E-state index is 0.143. The third-order valence-corrected chi connectivity index (χ3v) is 6.35. The zero-order chi connectivity index (χ0) is 22.3. The molecule has 1 aliphatic heterocycles. The van der Waals surface area contributed by atoms with Crippen LogP contribution in [0.4, 0.5) is 5.69 Å². The SMILES string of the molecule is Cc1c(C(=O)OC(C)C(=O)Nc2ccc(C(N)=O)cc2)sc2nc3n(c(=O)c12)CCC3. The Labute approximate surface area is 180 Å². The molecule has 2 aromatic heterocycles. The highest BCUT2D eigenvalue weighted by atomic mass is 32.1. The number of nitrogens with two attached hydrogens (primary N) is 1. The number of hydrogen-bond acceptors (Lipinski definition) is 7. The molecule has 0 saturated carbocycles. The van der Waals surface area contributed by atoms with Crippen LogP contribution in [0.15, 0.2) is 29.1 Å². The fourth-order valence-electron chi connectivity index (χ4n) is 3.50. The number of thiophene rings is 1. The summed E-state index contributed by atoms with van der Waals surface area (Å²) in [5.41, 5.74) is 6.31. The first-order valence-electron chi connectivity index (χ1n) is 9.70. The van der Waals surface area contributed by atoms with Crippen molar-refractivity contribution in [2.75, 3.05) is 5.32 Å². The lowest BCUT2D eigenvalue weighted by Crippen LogP contribution is -2.30. The summed E-state index contributed by atoms with van der Waals surface area (Å²) in [6, 6.07) is 6.03. The number of benzene rings is 1. The average Bonchev–Trinajstić information content (AvgIpc) is 3.33. The van der Waals surface area contributed by atoms with Crippen molar-refractivity contribution >= 4 is 45.0 Å². The first-order chi connectivity index (χ1) is 14.8. The molecule has 0 bridgehead atoms. The molecule has 0 aliphatic carbocycles. The van der Waals surface area contributed by atoms with Gasteiger partial charge in [-0.3, -0.25) is 19.0 Å². The van der Waals surface area contributed by atoms with Crippen LogP contribution in [-0.4, -0.2) is 33.4 Å². The van der Waals surface area contributed by atoms with E-state index in [1.807, 2.05) is 0 Å². The van der Waals surface area contributed by atoms with E-state index >= 15 is 0 Å². The quantitative estimate of drug-likeness (QED) is 0.583. The maximum absolute atomic E-state index is 12.8. The highest BCUT2D eigenvalue weighted by molar-refractivity contribution is 7.20. The van der Waals surface area contributed by atoms with Gasteiger partial charge in [0.05, 0.1) is 5.39 Å². The highest BCUT2D eigenvalue weighted by Gasteiger charge is 2.26. The summed E-state index contributed by atoms with van der Waals surface area (Å²) >= 11 is 1.10. The van der Waals surface area contributed by atoms with Gasteiger partial charge in [-0.05, 0) is 50.1 Å². The van der Waals surface area contributed by atoms with Crippen LogP contribution in [0.3, 0.4) is 0 Å². The summed E-state index contributed by atoms with van der Waals surface area (Å²) < 4.78 is 6.98. The van der Waals surface area contributed by atoms with Crippen molar-refractivity contribution in [1.29, 1.82) is 0 Å². The van der Waals surface area contributed by atoms with Crippen LogP contribution in [0.2, 0.25) is 0 Å². The molecule has 2 amide bonds. The number of aryl methyl sites for hydroxylation is 2. The maximum Gasteiger partial charge on any atom is 0.349 e. The molecule has 0 radical (unpaired) electrons. The molecular formula is C21H20N4O5S. The predicted octanol–water partition coefficient (Wildman–Crippen LogP) is 2.00. The molecule has 3 heterocycles. The number of esters is 1. The van der Waals surface area contributed by atoms with Gasteiger partial charge in [0.2, 0.25) is 5.91 Å². The van der Waals surface area contributed by atoms with E-state index in [2.05, 4.69) is 10.3 Å². The normalized spacial score (nSPS) is 13.6. The Morgan fingerprint density at radius 2 is 1.97 bits per heavy atom. The van der Waals surface area contributed by atoms with Gasteiger partial charge in [-0.1, -0.05) is 0 Å². The Bertz CT molecular complexity index is 1280. The molecule has 160 valence electrons. The van der Waals surface area contributed by atoms with E-state index in [1.165, 1.54) is 31.2 Å². The minimum Gasteiger partial charge on any atom is -0.448 e. The molecule has 0 saturated heterocycles. The molecular weight excluding hydrogens is 420 g/mol. The van der Waals surface area contributed by atoms with Crippen molar-refractivity contribution in [2.24, 2.45) is 5.73 Å². The smallest absolute Gasteiger partial charge is 0.349 e. The van der Waals surface area contributed by atoms with Crippen LogP contribution in [0.25, 0.3) is 10.2 Å². The zero-order valence-electron chi connectivity index (χ0n) is 16.9. The Kier molecular flexibility index (Phi) is 5.32. The summed E-state index contributed by atoms with van der Waals surface area (Å²) in [5, 5.41) is 3.04. The van der Waals surface area contributed by atoms with Gasteiger partial charge in [0.25, 0.3) is 11.5 Å². The summed E-state index contributed by atoms with van der Waals surface area (Å²) in [6.45, 7) is 3.77. The monoisotopic (exact) mass is 440 g/mol. The number of rotatable bonds is 5. The molecule has 3 aromatic rings. The number of aromatic nitrogens is 2. The van der Waals surface area contributed by atoms with Gasteiger partial charge in [0.15, 0.2) is 6.10 Å². The number of carbonyl (C=O) groups is 3. The van der Waals surface area contributed by atoms with E-state index in [1.54, 1.807) is 11.5 Å². The average molecular weight is 440 g/mol. The topological polar surface area (TPSA) is 133 Å². The molecule has 3 N–H and O–H groups in total. The summed E-state index contributed by atoms with van der Waals surface area (Å²) in [5.74, 6) is -1.06. The number of ether oxygens (including phenoxy) is 1. The second kappa shape index (κ2) is 7.95. The van der Waals surface area contributed by atoms with E-state index < -0.39 is 23.9 Å². The Hall–Kier alpha value is -3.53. The van der Waals surface area contributed by atoms with Crippen molar-refractivity contribution in [1.82, 2.24) is 9.55 Å². The molecule has 31 heavy (non-hydrogen) atoms. The van der Waals surface area contributed by atoms with Gasteiger partial charge in [-0.25, -0.2) is 9.78 Å². The summed E-state index contributed by atoms with van der Waals surface area (Å²) in [7, 11) is 0. The van der Waals surface area contributed by atoms with Crippen molar-refractivity contribution in [3.8, 4) is 0 Å². The number of nitrogens with one attached hydrogen (secondary N) is 1. The molecule has 1 aromatic carbocycles. The fraction of sp³-hybridized carbons (Fsp3) is 0.286. The molecule has 1 atom stereocenters. The van der Waals surface area contributed by atoms with Crippen LogP contribution >= 0.6 is 11.3 Å². The van der Waals surface area contributed by atoms with Crippen LogP contribution in [-0.2, 0) is 22.5 Å². The molecule has 1 aliphatic rings. The molecule has 9 nitrogen and oxygen atoms in total. The molecule has 10 heteroatoms. The lowest BCUT2D eigenvalue weighted by Gasteiger charge is -2.13. The Balaban J connectivity index is 1.50. The van der Waals surface area contributed by atoms with Crippen molar-refractivity contribution in [3.63, 3.8) is 0 Å². The van der Waals surface area contributed by atoms with Crippen LogP contribution in [0.5, 0.6) is 0 Å². The van der Waals surface area contributed by atoms with Crippen LogP contribution < -0.4 is 16.6 Å². The number of amides is 2.